The second-order valence-corrected chi connectivity index (χ2v) is 5.78. The number of aryl methyl sites for hydroxylation is 1. The Hall–Kier alpha value is -2.19. The van der Waals surface area contributed by atoms with Crippen molar-refractivity contribution in [1.29, 1.82) is 0 Å². The van der Waals surface area contributed by atoms with Crippen LogP contribution < -0.4 is 4.90 Å². The first-order valence-corrected chi connectivity index (χ1v) is 7.38. The third kappa shape index (κ3) is 4.64. The van der Waals surface area contributed by atoms with Crippen LogP contribution >= 0.6 is 0 Å². The monoisotopic (exact) mass is 323 g/mol. The second-order valence-electron chi connectivity index (χ2n) is 5.78. The standard InChI is InChI=1S/C15H21N3O5/c1-11-3-4-13(18(21)22)14(7-11)17-5-6-23-12(9-17)8-16(2)10-15(19)20/h3-4,7,12H,5-6,8-10H2,1-2H3,(H,19,20). The smallest absolute Gasteiger partial charge is 0.317 e. The molecule has 8 nitrogen and oxygen atoms in total. The van der Waals surface area contributed by atoms with Crippen LogP contribution in [0.5, 0.6) is 0 Å². The summed E-state index contributed by atoms with van der Waals surface area (Å²) in [5.74, 6) is -0.894. The summed E-state index contributed by atoms with van der Waals surface area (Å²) in [7, 11) is 1.71. The summed E-state index contributed by atoms with van der Waals surface area (Å²) in [5, 5.41) is 20.0. The first-order valence-electron chi connectivity index (χ1n) is 7.38. The van der Waals surface area contributed by atoms with Crippen LogP contribution in [0.15, 0.2) is 18.2 Å². The summed E-state index contributed by atoms with van der Waals surface area (Å²) in [6.07, 6.45) is -0.187. The number of morpholine rings is 1. The largest absolute Gasteiger partial charge is 0.480 e. The molecule has 1 atom stereocenters. The van der Waals surface area contributed by atoms with Crippen LogP contribution in [-0.2, 0) is 9.53 Å². The number of rotatable bonds is 6. The maximum atomic E-state index is 11.2. The van der Waals surface area contributed by atoms with Gasteiger partial charge in [-0.3, -0.25) is 19.8 Å². The zero-order chi connectivity index (χ0) is 17.0. The number of ether oxygens (including phenoxy) is 1. The van der Waals surface area contributed by atoms with Crippen LogP contribution in [0.1, 0.15) is 5.56 Å². The Kier molecular flexibility index (Phi) is 5.51. The molecule has 1 aliphatic heterocycles. The summed E-state index contributed by atoms with van der Waals surface area (Å²) < 4.78 is 5.67. The summed E-state index contributed by atoms with van der Waals surface area (Å²) >= 11 is 0. The number of hydrogen-bond donors (Lipinski definition) is 1. The quantitative estimate of drug-likeness (QED) is 0.619. The third-order valence-corrected chi connectivity index (χ3v) is 3.73. The van der Waals surface area contributed by atoms with E-state index in [0.29, 0.717) is 31.9 Å². The normalized spacial score (nSPS) is 18.2. The molecule has 126 valence electrons. The SMILES string of the molecule is Cc1ccc([N+](=O)[O-])c(N2CCOC(CN(C)CC(=O)O)C2)c1. The van der Waals surface area contributed by atoms with Gasteiger partial charge in [-0.05, 0) is 25.6 Å². The fourth-order valence-corrected chi connectivity index (χ4v) is 2.73. The number of carbonyl (C=O) groups is 1. The lowest BCUT2D eigenvalue weighted by molar-refractivity contribution is -0.384. The summed E-state index contributed by atoms with van der Waals surface area (Å²) in [5.41, 5.74) is 1.62. The van der Waals surface area contributed by atoms with Gasteiger partial charge in [0.2, 0.25) is 0 Å². The molecule has 2 rings (SSSR count). The fourth-order valence-electron chi connectivity index (χ4n) is 2.73. The number of aliphatic carboxylic acids is 1. The van der Waals surface area contributed by atoms with E-state index < -0.39 is 5.97 Å². The number of benzene rings is 1. The molecule has 23 heavy (non-hydrogen) atoms. The lowest BCUT2D eigenvalue weighted by atomic mass is 10.1. The highest BCUT2D eigenvalue weighted by molar-refractivity contribution is 5.69. The predicted molar refractivity (Wildman–Crippen MR) is 84.9 cm³/mol. The van der Waals surface area contributed by atoms with Gasteiger partial charge in [-0.2, -0.15) is 0 Å². The molecule has 0 radical (unpaired) electrons. The molecule has 0 amide bonds. The van der Waals surface area contributed by atoms with Crippen molar-refractivity contribution in [2.24, 2.45) is 0 Å². The first kappa shape index (κ1) is 17.2. The molecule has 1 aliphatic rings. The number of anilines is 1. The topological polar surface area (TPSA) is 96.2 Å². The predicted octanol–water partition coefficient (Wildman–Crippen LogP) is 1.12. The minimum absolute atomic E-state index is 0.0650. The van der Waals surface area contributed by atoms with Gasteiger partial charge in [-0.15, -0.1) is 0 Å². The van der Waals surface area contributed by atoms with Gasteiger partial charge in [-0.1, -0.05) is 6.07 Å². The fraction of sp³-hybridized carbons (Fsp3) is 0.533. The van der Waals surface area contributed by atoms with Crippen molar-refractivity contribution in [2.75, 3.05) is 44.7 Å². The number of nitro groups is 1. The minimum Gasteiger partial charge on any atom is -0.480 e. The molecular weight excluding hydrogens is 302 g/mol. The second kappa shape index (κ2) is 7.38. The highest BCUT2D eigenvalue weighted by Gasteiger charge is 2.27. The van der Waals surface area contributed by atoms with Crippen LogP contribution in [0.4, 0.5) is 11.4 Å². The number of nitro benzene ring substituents is 1. The maximum Gasteiger partial charge on any atom is 0.317 e. The van der Waals surface area contributed by atoms with Gasteiger partial charge in [0.1, 0.15) is 5.69 Å². The lowest BCUT2D eigenvalue weighted by Crippen LogP contribution is -2.47. The Morgan fingerprint density at radius 3 is 2.96 bits per heavy atom. The van der Waals surface area contributed by atoms with Gasteiger partial charge in [-0.25, -0.2) is 0 Å². The molecule has 1 aromatic rings. The number of likely N-dealkylation sites (N-methyl/N-ethyl adjacent to an activating group) is 1. The zero-order valence-electron chi connectivity index (χ0n) is 13.3. The summed E-state index contributed by atoms with van der Waals surface area (Å²) in [6, 6.07) is 5.05. The average molecular weight is 323 g/mol. The first-order chi connectivity index (χ1) is 10.9. The van der Waals surface area contributed by atoms with E-state index in [1.165, 1.54) is 6.07 Å². The molecule has 1 N–H and O–H groups in total. The van der Waals surface area contributed by atoms with Gasteiger partial charge >= 0.3 is 5.97 Å². The molecule has 0 aromatic heterocycles. The molecule has 0 bridgehead atoms. The molecule has 1 heterocycles. The van der Waals surface area contributed by atoms with Crippen molar-refractivity contribution < 1.29 is 19.6 Å². The van der Waals surface area contributed by atoms with Gasteiger partial charge < -0.3 is 14.7 Å². The lowest BCUT2D eigenvalue weighted by Gasteiger charge is -2.35. The zero-order valence-corrected chi connectivity index (χ0v) is 13.3. The molecule has 1 aromatic carbocycles. The molecule has 1 fully saturated rings. The van der Waals surface area contributed by atoms with Crippen LogP contribution in [0.3, 0.4) is 0 Å². The van der Waals surface area contributed by atoms with Crippen molar-refractivity contribution in [3.05, 3.63) is 33.9 Å². The van der Waals surface area contributed by atoms with Crippen LogP contribution in [0.25, 0.3) is 0 Å². The van der Waals surface area contributed by atoms with Crippen molar-refractivity contribution >= 4 is 17.3 Å². The van der Waals surface area contributed by atoms with E-state index in [1.54, 1.807) is 18.0 Å². The van der Waals surface area contributed by atoms with E-state index in [1.807, 2.05) is 17.9 Å². The number of carboxylic acids is 1. The van der Waals surface area contributed by atoms with E-state index in [4.69, 9.17) is 9.84 Å². The van der Waals surface area contributed by atoms with E-state index in [-0.39, 0.29) is 23.3 Å². The molecule has 0 aliphatic carbocycles. The summed E-state index contributed by atoms with van der Waals surface area (Å²) in [4.78, 5) is 25.2. The van der Waals surface area contributed by atoms with Crippen molar-refractivity contribution in [3.63, 3.8) is 0 Å². The number of hydrogen-bond acceptors (Lipinski definition) is 6. The maximum absolute atomic E-state index is 11.2. The molecule has 8 heteroatoms. The highest BCUT2D eigenvalue weighted by atomic mass is 16.6. The van der Waals surface area contributed by atoms with Gasteiger partial charge in [0, 0.05) is 25.7 Å². The van der Waals surface area contributed by atoms with Crippen molar-refractivity contribution in [1.82, 2.24) is 4.90 Å². The minimum atomic E-state index is -0.894. The van der Waals surface area contributed by atoms with Crippen LogP contribution in [0, 0.1) is 17.0 Å². The van der Waals surface area contributed by atoms with E-state index in [9.17, 15) is 14.9 Å². The Balaban J connectivity index is 2.10. The highest BCUT2D eigenvalue weighted by Crippen LogP contribution is 2.30. The number of carboxylic acid groups (broad SMARTS) is 1. The van der Waals surface area contributed by atoms with Crippen molar-refractivity contribution in [2.45, 2.75) is 13.0 Å². The number of nitrogens with zero attached hydrogens (tertiary/aromatic N) is 3. The van der Waals surface area contributed by atoms with Gasteiger partial charge in [0.05, 0.1) is 24.2 Å². The van der Waals surface area contributed by atoms with E-state index >= 15 is 0 Å². The van der Waals surface area contributed by atoms with Crippen LogP contribution in [0.2, 0.25) is 0 Å². The van der Waals surface area contributed by atoms with Crippen molar-refractivity contribution in [3.8, 4) is 0 Å². The molecule has 1 saturated heterocycles. The van der Waals surface area contributed by atoms with E-state index in [2.05, 4.69) is 0 Å². The Morgan fingerprint density at radius 1 is 1.57 bits per heavy atom. The van der Waals surface area contributed by atoms with Gasteiger partial charge in [0.15, 0.2) is 0 Å². The molecular formula is C15H21N3O5. The molecule has 0 spiro atoms. The van der Waals surface area contributed by atoms with E-state index in [0.717, 1.165) is 5.56 Å². The Bertz CT molecular complexity index is 592. The third-order valence-electron chi connectivity index (χ3n) is 3.73. The average Bonchev–Trinajstić information content (AvgIpc) is 2.46. The Labute approximate surface area is 134 Å². The summed E-state index contributed by atoms with van der Waals surface area (Å²) in [6.45, 7) is 3.81. The van der Waals surface area contributed by atoms with Crippen LogP contribution in [-0.4, -0.2) is 66.8 Å². The molecule has 1 unspecified atom stereocenters. The van der Waals surface area contributed by atoms with Gasteiger partial charge in [0.25, 0.3) is 5.69 Å². The Morgan fingerprint density at radius 2 is 2.30 bits per heavy atom. The molecule has 0 saturated carbocycles.